The molecule has 0 spiro atoms. The van der Waals surface area contributed by atoms with Crippen LogP contribution in [0.2, 0.25) is 0 Å². The lowest BCUT2D eigenvalue weighted by atomic mass is 10.2. The number of nitrogens with two attached hydrogens (primary N) is 1. The summed E-state index contributed by atoms with van der Waals surface area (Å²) in [5, 5.41) is 8.22. The highest BCUT2D eigenvalue weighted by atomic mass is 79.9. The molecule has 0 atom stereocenters. The summed E-state index contributed by atoms with van der Waals surface area (Å²) in [6.45, 7) is -0.273. The van der Waals surface area contributed by atoms with Gasteiger partial charge in [-0.25, -0.2) is 4.79 Å². The molecule has 0 unspecified atom stereocenters. The van der Waals surface area contributed by atoms with Crippen LogP contribution in [0.5, 0.6) is 0 Å². The van der Waals surface area contributed by atoms with Gasteiger partial charge in [0.2, 0.25) is 0 Å². The fourth-order valence-electron chi connectivity index (χ4n) is 0.881. The fourth-order valence-corrected chi connectivity index (χ4v) is 1.24. The number of rotatable bonds is 2. The van der Waals surface area contributed by atoms with Crippen LogP contribution >= 0.6 is 15.9 Å². The SMILES string of the molecule is N#CCOC(=O)c1cc(Br)ccc1N. The third kappa shape index (κ3) is 2.47. The molecule has 0 radical (unpaired) electrons. The highest BCUT2D eigenvalue weighted by Crippen LogP contribution is 2.19. The monoisotopic (exact) mass is 254 g/mol. The van der Waals surface area contributed by atoms with Gasteiger partial charge in [0.1, 0.15) is 6.07 Å². The average molecular weight is 255 g/mol. The Labute approximate surface area is 89.4 Å². The Morgan fingerprint density at radius 2 is 2.36 bits per heavy atom. The first-order valence-corrected chi connectivity index (χ1v) is 4.53. The summed E-state index contributed by atoms with van der Waals surface area (Å²) in [5.74, 6) is -0.592. The third-order valence-corrected chi connectivity index (χ3v) is 2.00. The van der Waals surface area contributed by atoms with E-state index < -0.39 is 5.97 Å². The van der Waals surface area contributed by atoms with Crippen molar-refractivity contribution >= 4 is 27.6 Å². The van der Waals surface area contributed by atoms with Crippen LogP contribution in [0.4, 0.5) is 5.69 Å². The van der Waals surface area contributed by atoms with Gasteiger partial charge in [-0.2, -0.15) is 5.26 Å². The molecule has 2 N–H and O–H groups in total. The Bertz CT molecular complexity index is 398. The first-order chi connectivity index (χ1) is 6.65. The molecular formula is C9H7BrN2O2. The maximum Gasteiger partial charge on any atom is 0.341 e. The summed E-state index contributed by atoms with van der Waals surface area (Å²) in [4.78, 5) is 11.3. The van der Waals surface area contributed by atoms with Gasteiger partial charge in [-0.15, -0.1) is 0 Å². The molecule has 0 aliphatic rings. The molecule has 1 aromatic carbocycles. The molecule has 0 bridgehead atoms. The lowest BCUT2D eigenvalue weighted by Crippen LogP contribution is -2.08. The molecule has 0 saturated carbocycles. The quantitative estimate of drug-likeness (QED) is 0.644. The molecule has 0 saturated heterocycles. The second kappa shape index (κ2) is 4.63. The van der Waals surface area contributed by atoms with Crippen molar-refractivity contribution in [2.75, 3.05) is 12.3 Å². The summed E-state index contributed by atoms with van der Waals surface area (Å²) < 4.78 is 5.34. The van der Waals surface area contributed by atoms with Gasteiger partial charge in [-0.1, -0.05) is 15.9 Å². The smallest absolute Gasteiger partial charge is 0.341 e. The summed E-state index contributed by atoms with van der Waals surface area (Å²) in [6.07, 6.45) is 0. The van der Waals surface area contributed by atoms with Crippen LogP contribution in [-0.2, 0) is 4.74 Å². The van der Waals surface area contributed by atoms with E-state index in [0.29, 0.717) is 5.69 Å². The number of hydrogen-bond donors (Lipinski definition) is 1. The van der Waals surface area contributed by atoms with Gasteiger partial charge in [0.25, 0.3) is 0 Å². The van der Waals surface area contributed by atoms with Crippen molar-refractivity contribution in [3.05, 3.63) is 28.2 Å². The molecule has 1 aromatic rings. The van der Waals surface area contributed by atoms with Gasteiger partial charge < -0.3 is 10.5 Å². The van der Waals surface area contributed by atoms with Crippen LogP contribution in [0.1, 0.15) is 10.4 Å². The van der Waals surface area contributed by atoms with E-state index >= 15 is 0 Å². The molecule has 0 aliphatic heterocycles. The van der Waals surface area contributed by atoms with Gasteiger partial charge in [-0.3, -0.25) is 0 Å². The van der Waals surface area contributed by atoms with Crippen LogP contribution in [0.15, 0.2) is 22.7 Å². The van der Waals surface area contributed by atoms with Crippen molar-refractivity contribution in [2.45, 2.75) is 0 Å². The number of nitrogens with zero attached hydrogens (tertiary/aromatic N) is 1. The molecule has 0 amide bonds. The van der Waals surface area contributed by atoms with Crippen molar-refractivity contribution in [1.82, 2.24) is 0 Å². The predicted molar refractivity (Wildman–Crippen MR) is 54.4 cm³/mol. The maximum atomic E-state index is 11.3. The van der Waals surface area contributed by atoms with Gasteiger partial charge in [0.05, 0.1) is 5.56 Å². The Hall–Kier alpha value is -1.54. The van der Waals surface area contributed by atoms with Crippen molar-refractivity contribution in [1.29, 1.82) is 5.26 Å². The standard InChI is InChI=1S/C9H7BrN2O2/c10-6-1-2-8(12)7(5-6)9(13)14-4-3-11/h1-2,5H,4,12H2. The number of nitriles is 1. The normalized spacial score (nSPS) is 9.14. The second-order valence-electron chi connectivity index (χ2n) is 2.47. The minimum absolute atomic E-state index is 0.259. The molecule has 14 heavy (non-hydrogen) atoms. The van der Waals surface area contributed by atoms with E-state index in [1.807, 2.05) is 0 Å². The van der Waals surface area contributed by atoms with E-state index in [9.17, 15) is 4.79 Å². The van der Waals surface area contributed by atoms with Crippen molar-refractivity contribution < 1.29 is 9.53 Å². The van der Waals surface area contributed by atoms with Crippen LogP contribution in [0, 0.1) is 11.3 Å². The molecule has 72 valence electrons. The third-order valence-electron chi connectivity index (χ3n) is 1.50. The van der Waals surface area contributed by atoms with Gasteiger partial charge in [0.15, 0.2) is 6.61 Å². The summed E-state index contributed by atoms with van der Waals surface area (Å²) >= 11 is 3.20. The number of benzene rings is 1. The van der Waals surface area contributed by atoms with Crippen molar-refractivity contribution in [2.24, 2.45) is 0 Å². The van der Waals surface area contributed by atoms with E-state index in [1.54, 1.807) is 24.3 Å². The predicted octanol–water partition coefficient (Wildman–Crippen LogP) is 1.71. The van der Waals surface area contributed by atoms with Crippen molar-refractivity contribution in [3.8, 4) is 6.07 Å². The average Bonchev–Trinajstić information content (AvgIpc) is 2.18. The van der Waals surface area contributed by atoms with Crippen LogP contribution < -0.4 is 5.73 Å². The Morgan fingerprint density at radius 3 is 3.00 bits per heavy atom. The maximum absolute atomic E-state index is 11.3. The Balaban J connectivity index is 2.90. The minimum Gasteiger partial charge on any atom is -0.447 e. The highest BCUT2D eigenvalue weighted by Gasteiger charge is 2.10. The second-order valence-corrected chi connectivity index (χ2v) is 3.38. The molecule has 0 heterocycles. The number of nitrogen functional groups attached to an aromatic ring is 1. The van der Waals surface area contributed by atoms with Crippen LogP contribution in [-0.4, -0.2) is 12.6 Å². The first kappa shape index (κ1) is 10.5. The van der Waals surface area contributed by atoms with Crippen molar-refractivity contribution in [3.63, 3.8) is 0 Å². The van der Waals surface area contributed by atoms with E-state index in [0.717, 1.165) is 4.47 Å². The number of ether oxygens (including phenoxy) is 1. The zero-order valence-corrected chi connectivity index (χ0v) is 8.74. The summed E-state index contributed by atoms with van der Waals surface area (Å²) in [6, 6.07) is 6.57. The zero-order chi connectivity index (χ0) is 10.6. The van der Waals surface area contributed by atoms with Crippen LogP contribution in [0.3, 0.4) is 0 Å². The first-order valence-electron chi connectivity index (χ1n) is 3.74. The lowest BCUT2D eigenvalue weighted by molar-refractivity contribution is 0.0556. The van der Waals surface area contributed by atoms with Crippen LogP contribution in [0.25, 0.3) is 0 Å². The van der Waals surface area contributed by atoms with E-state index in [4.69, 9.17) is 11.0 Å². The number of esters is 1. The number of carbonyl (C=O) groups excluding carboxylic acids is 1. The molecule has 0 fully saturated rings. The zero-order valence-electron chi connectivity index (χ0n) is 7.16. The molecule has 5 heteroatoms. The topological polar surface area (TPSA) is 76.1 Å². The minimum atomic E-state index is -0.592. The van der Waals surface area contributed by atoms with E-state index in [1.165, 1.54) is 0 Å². The molecule has 4 nitrogen and oxygen atoms in total. The number of hydrogen-bond acceptors (Lipinski definition) is 4. The molecule has 0 aliphatic carbocycles. The molecular weight excluding hydrogens is 248 g/mol. The summed E-state index contributed by atoms with van der Waals surface area (Å²) in [5.41, 5.74) is 6.15. The van der Waals surface area contributed by atoms with Gasteiger partial charge in [0, 0.05) is 10.2 Å². The summed E-state index contributed by atoms with van der Waals surface area (Å²) in [7, 11) is 0. The Kier molecular flexibility index (Phi) is 3.48. The Morgan fingerprint density at radius 1 is 1.64 bits per heavy atom. The number of anilines is 1. The lowest BCUT2D eigenvalue weighted by Gasteiger charge is -2.04. The molecule has 1 rings (SSSR count). The largest absolute Gasteiger partial charge is 0.447 e. The fraction of sp³-hybridized carbons (Fsp3) is 0.111. The van der Waals surface area contributed by atoms with E-state index in [-0.39, 0.29) is 12.2 Å². The van der Waals surface area contributed by atoms with E-state index in [2.05, 4.69) is 20.7 Å². The number of carbonyl (C=O) groups is 1. The van der Waals surface area contributed by atoms with Gasteiger partial charge >= 0.3 is 5.97 Å². The number of halogens is 1. The molecule has 0 aromatic heterocycles. The highest BCUT2D eigenvalue weighted by molar-refractivity contribution is 9.10. The van der Waals surface area contributed by atoms with Gasteiger partial charge in [-0.05, 0) is 18.2 Å².